The van der Waals surface area contributed by atoms with Gasteiger partial charge in [-0.05, 0) is 36.8 Å². The summed E-state index contributed by atoms with van der Waals surface area (Å²) in [5, 5.41) is 0.848. The molecule has 1 amide bonds. The van der Waals surface area contributed by atoms with E-state index in [1.165, 1.54) is 6.07 Å². The monoisotopic (exact) mass is 408 g/mol. The number of benzene rings is 2. The molecule has 156 valence electrons. The number of hydrogen-bond acceptors (Lipinski definition) is 6. The molecular formula is C23H24N2O5. The first-order valence-corrected chi connectivity index (χ1v) is 9.88. The Morgan fingerprint density at radius 2 is 1.83 bits per heavy atom. The highest BCUT2D eigenvalue weighted by Crippen LogP contribution is 2.28. The third-order valence-electron chi connectivity index (χ3n) is 5.34. The minimum atomic E-state index is -0.402. The Balaban J connectivity index is 1.35. The highest BCUT2D eigenvalue weighted by molar-refractivity contribution is 5.82. The number of anilines is 1. The van der Waals surface area contributed by atoms with Crippen molar-refractivity contribution in [3.05, 3.63) is 64.5 Å². The molecule has 1 fully saturated rings. The van der Waals surface area contributed by atoms with Crippen LogP contribution in [-0.2, 0) is 4.79 Å². The molecule has 0 unspecified atom stereocenters. The lowest BCUT2D eigenvalue weighted by atomic mass is 10.1. The highest BCUT2D eigenvalue weighted by atomic mass is 16.5. The van der Waals surface area contributed by atoms with Gasteiger partial charge < -0.3 is 23.7 Å². The summed E-state index contributed by atoms with van der Waals surface area (Å²) in [5.41, 5.74) is 1.93. The van der Waals surface area contributed by atoms with Crippen LogP contribution in [0.15, 0.2) is 57.7 Å². The molecule has 1 saturated heterocycles. The van der Waals surface area contributed by atoms with Gasteiger partial charge in [0.2, 0.25) is 0 Å². The largest absolute Gasteiger partial charge is 0.495 e. The van der Waals surface area contributed by atoms with E-state index in [1.807, 2.05) is 37.3 Å². The molecule has 0 atom stereocenters. The predicted molar refractivity (Wildman–Crippen MR) is 115 cm³/mol. The van der Waals surface area contributed by atoms with Crippen LogP contribution in [0.4, 0.5) is 5.69 Å². The SMILES string of the molecule is COc1ccccc1N1CCN(C(=O)COc2ccc3c(C)cc(=O)oc3c2)CC1. The van der Waals surface area contributed by atoms with E-state index in [9.17, 15) is 9.59 Å². The van der Waals surface area contributed by atoms with Crippen molar-refractivity contribution in [2.75, 3.05) is 44.8 Å². The van der Waals surface area contributed by atoms with Crippen LogP contribution < -0.4 is 20.0 Å². The zero-order chi connectivity index (χ0) is 21.1. The summed E-state index contributed by atoms with van der Waals surface area (Å²) in [4.78, 5) is 28.2. The van der Waals surface area contributed by atoms with Crippen molar-refractivity contribution in [1.82, 2.24) is 4.90 Å². The standard InChI is InChI=1S/C23H24N2O5/c1-16-13-23(27)30-21-14-17(7-8-18(16)21)29-15-22(26)25-11-9-24(10-12-25)19-5-3-4-6-20(19)28-2/h3-8,13-14H,9-12,15H2,1-2H3. The van der Waals surface area contributed by atoms with Crippen LogP contribution in [0.3, 0.4) is 0 Å². The smallest absolute Gasteiger partial charge is 0.336 e. The fraction of sp³-hybridized carbons (Fsp3) is 0.304. The molecule has 1 aromatic heterocycles. The Bertz CT molecular complexity index is 1120. The molecular weight excluding hydrogens is 384 g/mol. The predicted octanol–water partition coefficient (Wildman–Crippen LogP) is 2.84. The Kier molecular flexibility index (Phi) is 5.61. The zero-order valence-electron chi connectivity index (χ0n) is 17.1. The molecule has 0 aliphatic carbocycles. The van der Waals surface area contributed by atoms with Gasteiger partial charge in [0.1, 0.15) is 17.1 Å². The average Bonchev–Trinajstić information content (AvgIpc) is 2.77. The van der Waals surface area contributed by atoms with Crippen LogP contribution in [0.1, 0.15) is 5.56 Å². The average molecular weight is 408 g/mol. The summed E-state index contributed by atoms with van der Waals surface area (Å²) in [6.45, 7) is 4.49. The van der Waals surface area contributed by atoms with Gasteiger partial charge in [0, 0.05) is 43.7 Å². The molecule has 7 heteroatoms. The van der Waals surface area contributed by atoms with Gasteiger partial charge >= 0.3 is 5.63 Å². The van der Waals surface area contributed by atoms with E-state index in [-0.39, 0.29) is 12.5 Å². The molecule has 1 aliphatic rings. The van der Waals surface area contributed by atoms with Gasteiger partial charge in [-0.25, -0.2) is 4.79 Å². The Morgan fingerprint density at radius 1 is 1.07 bits per heavy atom. The first-order valence-electron chi connectivity index (χ1n) is 9.88. The molecule has 0 N–H and O–H groups in total. The molecule has 2 aromatic carbocycles. The van der Waals surface area contributed by atoms with Gasteiger partial charge in [-0.3, -0.25) is 4.79 Å². The highest BCUT2D eigenvalue weighted by Gasteiger charge is 2.23. The van der Waals surface area contributed by atoms with Crippen LogP contribution in [-0.4, -0.2) is 50.7 Å². The van der Waals surface area contributed by atoms with Crippen molar-refractivity contribution in [2.24, 2.45) is 0 Å². The molecule has 0 saturated carbocycles. The van der Waals surface area contributed by atoms with Gasteiger partial charge in [0.25, 0.3) is 5.91 Å². The van der Waals surface area contributed by atoms with Gasteiger partial charge in [-0.1, -0.05) is 12.1 Å². The molecule has 0 spiro atoms. The lowest BCUT2D eigenvalue weighted by molar-refractivity contribution is -0.133. The number of hydrogen-bond donors (Lipinski definition) is 0. The number of carbonyl (C=O) groups excluding carboxylic acids is 1. The van der Waals surface area contributed by atoms with Crippen molar-refractivity contribution in [3.63, 3.8) is 0 Å². The van der Waals surface area contributed by atoms with E-state index in [2.05, 4.69) is 4.90 Å². The van der Waals surface area contributed by atoms with Crippen molar-refractivity contribution in [3.8, 4) is 11.5 Å². The summed E-state index contributed by atoms with van der Waals surface area (Å²) >= 11 is 0. The number of piperazine rings is 1. The lowest BCUT2D eigenvalue weighted by Crippen LogP contribution is -2.50. The van der Waals surface area contributed by atoms with Crippen molar-refractivity contribution in [2.45, 2.75) is 6.92 Å². The molecule has 3 aromatic rings. The fourth-order valence-corrected chi connectivity index (χ4v) is 3.72. The maximum atomic E-state index is 12.6. The Morgan fingerprint density at radius 3 is 2.60 bits per heavy atom. The van der Waals surface area contributed by atoms with Gasteiger partial charge in [0.05, 0.1) is 12.8 Å². The number of amides is 1. The Hall–Kier alpha value is -3.48. The van der Waals surface area contributed by atoms with Gasteiger partial charge in [-0.15, -0.1) is 0 Å². The zero-order valence-corrected chi connectivity index (χ0v) is 17.1. The number of rotatable bonds is 5. The van der Waals surface area contributed by atoms with E-state index in [1.54, 1.807) is 24.1 Å². The lowest BCUT2D eigenvalue weighted by Gasteiger charge is -2.36. The van der Waals surface area contributed by atoms with E-state index in [4.69, 9.17) is 13.9 Å². The van der Waals surface area contributed by atoms with Crippen LogP contribution >= 0.6 is 0 Å². The second kappa shape index (κ2) is 8.49. The first kappa shape index (κ1) is 19.8. The summed E-state index contributed by atoms with van der Waals surface area (Å²) in [6.07, 6.45) is 0. The molecule has 7 nitrogen and oxygen atoms in total. The molecule has 2 heterocycles. The second-order valence-corrected chi connectivity index (χ2v) is 7.23. The third-order valence-corrected chi connectivity index (χ3v) is 5.34. The maximum absolute atomic E-state index is 12.6. The van der Waals surface area contributed by atoms with Crippen molar-refractivity contribution in [1.29, 1.82) is 0 Å². The Labute approximate surface area is 174 Å². The fourth-order valence-electron chi connectivity index (χ4n) is 3.72. The molecule has 0 radical (unpaired) electrons. The van der Waals surface area contributed by atoms with E-state index in [0.717, 1.165) is 35.5 Å². The minimum absolute atomic E-state index is 0.0593. The third kappa shape index (κ3) is 4.10. The number of aryl methyl sites for hydroxylation is 1. The summed E-state index contributed by atoms with van der Waals surface area (Å²) in [5.74, 6) is 1.26. The van der Waals surface area contributed by atoms with Crippen LogP contribution in [0.5, 0.6) is 11.5 Å². The van der Waals surface area contributed by atoms with Gasteiger partial charge in [-0.2, -0.15) is 0 Å². The van der Waals surface area contributed by atoms with Crippen LogP contribution in [0.2, 0.25) is 0 Å². The molecule has 1 aliphatic heterocycles. The number of nitrogens with zero attached hydrogens (tertiary/aromatic N) is 2. The number of methoxy groups -OCH3 is 1. The van der Waals surface area contributed by atoms with E-state index >= 15 is 0 Å². The van der Waals surface area contributed by atoms with Crippen LogP contribution in [0.25, 0.3) is 11.0 Å². The number of fused-ring (bicyclic) bond motifs is 1. The second-order valence-electron chi connectivity index (χ2n) is 7.23. The number of para-hydroxylation sites is 2. The van der Waals surface area contributed by atoms with Crippen molar-refractivity contribution >= 4 is 22.6 Å². The topological polar surface area (TPSA) is 72.2 Å². The number of ether oxygens (including phenoxy) is 2. The van der Waals surface area contributed by atoms with Crippen molar-refractivity contribution < 1.29 is 18.7 Å². The molecule has 4 rings (SSSR count). The summed E-state index contributed by atoms with van der Waals surface area (Å²) in [7, 11) is 1.66. The normalized spacial score (nSPS) is 14.1. The van der Waals surface area contributed by atoms with E-state index in [0.29, 0.717) is 24.4 Å². The van der Waals surface area contributed by atoms with Gasteiger partial charge in [0.15, 0.2) is 6.61 Å². The summed E-state index contributed by atoms with van der Waals surface area (Å²) in [6, 6.07) is 14.6. The maximum Gasteiger partial charge on any atom is 0.336 e. The molecule has 0 bridgehead atoms. The first-order chi connectivity index (χ1) is 14.5. The number of carbonyl (C=O) groups is 1. The van der Waals surface area contributed by atoms with E-state index < -0.39 is 5.63 Å². The van der Waals surface area contributed by atoms with Crippen LogP contribution in [0, 0.1) is 6.92 Å². The summed E-state index contributed by atoms with van der Waals surface area (Å²) < 4.78 is 16.3. The minimum Gasteiger partial charge on any atom is -0.495 e. The molecule has 30 heavy (non-hydrogen) atoms. The quantitative estimate of drug-likeness (QED) is 0.605.